The Labute approximate surface area is 192 Å². The van der Waals surface area contributed by atoms with E-state index in [4.69, 9.17) is 20.6 Å². The molecule has 8 heteroatoms. The third-order valence-electron chi connectivity index (χ3n) is 5.38. The quantitative estimate of drug-likeness (QED) is 0.301. The maximum atomic E-state index is 13.0. The first-order valence-corrected chi connectivity index (χ1v) is 10.6. The molecule has 170 valence electrons. The van der Waals surface area contributed by atoms with Crippen molar-refractivity contribution < 1.29 is 13.9 Å². The number of anilines is 1. The molecular weight excluding hydrogens is 418 g/mol. The minimum Gasteiger partial charge on any atom is -0.457 e. The van der Waals surface area contributed by atoms with E-state index in [1.54, 1.807) is 24.3 Å². The van der Waals surface area contributed by atoms with Crippen LogP contribution in [0.2, 0.25) is 0 Å². The van der Waals surface area contributed by atoms with E-state index in [0.717, 1.165) is 11.3 Å². The van der Waals surface area contributed by atoms with Crippen LogP contribution in [0.4, 0.5) is 5.69 Å². The number of fused-ring (bicyclic) bond motifs is 1. The second-order valence-corrected chi connectivity index (χ2v) is 8.84. The molecule has 0 saturated carbocycles. The minimum absolute atomic E-state index is 0.0999. The maximum absolute atomic E-state index is 13.0. The van der Waals surface area contributed by atoms with E-state index in [0.29, 0.717) is 41.3 Å². The van der Waals surface area contributed by atoms with Crippen molar-refractivity contribution in [3.05, 3.63) is 77.2 Å². The summed E-state index contributed by atoms with van der Waals surface area (Å²) in [7, 11) is 0. The van der Waals surface area contributed by atoms with Gasteiger partial charge in [-0.3, -0.25) is 4.79 Å². The van der Waals surface area contributed by atoms with Gasteiger partial charge in [0.1, 0.15) is 17.3 Å². The average Bonchev–Trinajstić information content (AvgIpc) is 3.09. The highest BCUT2D eigenvalue weighted by atomic mass is 16.5. The van der Waals surface area contributed by atoms with E-state index in [2.05, 4.69) is 29.4 Å². The van der Waals surface area contributed by atoms with Crippen LogP contribution in [0.25, 0.3) is 0 Å². The Bertz CT molecular complexity index is 1220. The highest BCUT2D eigenvalue weighted by molar-refractivity contribution is 6.09. The van der Waals surface area contributed by atoms with Crippen molar-refractivity contribution in [2.75, 3.05) is 5.32 Å². The van der Waals surface area contributed by atoms with Crippen molar-refractivity contribution in [3.63, 3.8) is 0 Å². The number of furan rings is 1. The van der Waals surface area contributed by atoms with Gasteiger partial charge >= 0.3 is 0 Å². The van der Waals surface area contributed by atoms with Gasteiger partial charge in [0.25, 0.3) is 5.91 Å². The Balaban J connectivity index is 1.55. The van der Waals surface area contributed by atoms with Crippen LogP contribution in [0.15, 0.2) is 69.2 Å². The number of benzene rings is 2. The van der Waals surface area contributed by atoms with E-state index >= 15 is 0 Å². The summed E-state index contributed by atoms with van der Waals surface area (Å²) in [6, 6.07) is 16.7. The standard InChI is InChI=1S/C25H27N5O3/c1-15-21-19(29-30-24(26)27)13-25(2,3)14-20(21)33-22(15)23(31)28-16-9-11-18(12-10-16)32-17-7-5-4-6-8-17/h4-12H,13-14H2,1-3H3,(H,28,31)(H4,26,27,30)/b29-19-. The third-order valence-corrected chi connectivity index (χ3v) is 5.38. The molecule has 0 aliphatic heterocycles. The van der Waals surface area contributed by atoms with Crippen molar-refractivity contribution in [2.45, 2.75) is 33.6 Å². The summed E-state index contributed by atoms with van der Waals surface area (Å²) >= 11 is 0. The van der Waals surface area contributed by atoms with Gasteiger partial charge in [0, 0.05) is 23.2 Å². The zero-order valence-corrected chi connectivity index (χ0v) is 18.9. The van der Waals surface area contributed by atoms with Crippen LogP contribution in [-0.2, 0) is 6.42 Å². The summed E-state index contributed by atoms with van der Waals surface area (Å²) in [5.74, 6) is 1.92. The maximum Gasteiger partial charge on any atom is 0.291 e. The molecule has 5 N–H and O–H groups in total. The van der Waals surface area contributed by atoms with Crippen LogP contribution in [0.5, 0.6) is 11.5 Å². The van der Waals surface area contributed by atoms with Gasteiger partial charge in [0.15, 0.2) is 5.76 Å². The van der Waals surface area contributed by atoms with Gasteiger partial charge in [-0.1, -0.05) is 32.0 Å². The summed E-state index contributed by atoms with van der Waals surface area (Å²) in [5, 5.41) is 10.9. The Kier molecular flexibility index (Phi) is 5.91. The number of rotatable bonds is 5. The van der Waals surface area contributed by atoms with Gasteiger partial charge in [-0.05, 0) is 55.2 Å². The monoisotopic (exact) mass is 445 g/mol. The number of nitrogens with one attached hydrogen (secondary N) is 1. The van der Waals surface area contributed by atoms with Crippen molar-refractivity contribution in [3.8, 4) is 11.5 Å². The Morgan fingerprint density at radius 3 is 2.36 bits per heavy atom. The molecule has 0 spiro atoms. The first-order chi connectivity index (χ1) is 15.7. The molecule has 0 atom stereocenters. The molecule has 1 aliphatic carbocycles. The van der Waals surface area contributed by atoms with Gasteiger partial charge in [0.2, 0.25) is 5.96 Å². The first kappa shape index (κ1) is 22.1. The highest BCUT2D eigenvalue weighted by Gasteiger charge is 2.36. The summed E-state index contributed by atoms with van der Waals surface area (Å²) in [6.07, 6.45) is 1.35. The summed E-state index contributed by atoms with van der Waals surface area (Å²) in [4.78, 5) is 13.0. The Morgan fingerprint density at radius 2 is 1.70 bits per heavy atom. The lowest BCUT2D eigenvalue weighted by Crippen LogP contribution is -2.27. The number of nitrogens with two attached hydrogens (primary N) is 2. The van der Waals surface area contributed by atoms with Crippen molar-refractivity contribution in [2.24, 2.45) is 27.1 Å². The lowest BCUT2D eigenvalue weighted by molar-refractivity contribution is 0.0993. The van der Waals surface area contributed by atoms with Crippen LogP contribution >= 0.6 is 0 Å². The van der Waals surface area contributed by atoms with Crippen molar-refractivity contribution >= 4 is 23.3 Å². The van der Waals surface area contributed by atoms with E-state index in [1.165, 1.54) is 0 Å². The van der Waals surface area contributed by atoms with Crippen molar-refractivity contribution in [1.29, 1.82) is 0 Å². The summed E-state index contributed by atoms with van der Waals surface area (Å²) in [6.45, 7) is 6.06. The number of carbonyl (C=O) groups excluding carboxylic acids is 1. The van der Waals surface area contributed by atoms with Crippen molar-refractivity contribution in [1.82, 2.24) is 0 Å². The molecule has 1 heterocycles. The molecule has 0 fully saturated rings. The number of hydrogen-bond acceptors (Lipinski definition) is 5. The molecule has 1 amide bonds. The number of nitrogens with zero attached hydrogens (tertiary/aromatic N) is 2. The molecule has 0 unspecified atom stereocenters. The van der Waals surface area contributed by atoms with Crippen LogP contribution in [0.1, 0.15) is 47.7 Å². The first-order valence-electron chi connectivity index (χ1n) is 10.6. The SMILES string of the molecule is Cc1c(C(=O)Nc2ccc(Oc3ccccc3)cc2)oc2c1/C(=N\N=C(N)N)CC(C)(C)C2. The van der Waals surface area contributed by atoms with E-state index < -0.39 is 0 Å². The fourth-order valence-corrected chi connectivity index (χ4v) is 3.95. The molecule has 1 aromatic heterocycles. The number of hydrogen-bond donors (Lipinski definition) is 3. The number of carbonyl (C=O) groups is 1. The summed E-state index contributed by atoms with van der Waals surface area (Å²) < 4.78 is 11.8. The molecule has 0 radical (unpaired) electrons. The normalized spacial score (nSPS) is 15.5. The number of amides is 1. The molecule has 33 heavy (non-hydrogen) atoms. The molecule has 8 nitrogen and oxygen atoms in total. The molecule has 2 aromatic carbocycles. The van der Waals surface area contributed by atoms with Gasteiger partial charge in [-0.25, -0.2) is 0 Å². The fraction of sp³-hybridized carbons (Fsp3) is 0.240. The number of para-hydroxylation sites is 1. The molecule has 0 bridgehead atoms. The second kappa shape index (κ2) is 8.82. The minimum atomic E-state index is -0.336. The average molecular weight is 446 g/mol. The Hall–Kier alpha value is -4.07. The van der Waals surface area contributed by atoms with E-state index in [-0.39, 0.29) is 23.0 Å². The fourth-order valence-electron chi connectivity index (χ4n) is 3.95. The number of ether oxygens (including phenoxy) is 1. The van der Waals surface area contributed by atoms with Gasteiger partial charge in [-0.15, -0.1) is 5.10 Å². The highest BCUT2D eigenvalue weighted by Crippen LogP contribution is 2.39. The lowest BCUT2D eigenvalue weighted by Gasteiger charge is -2.29. The Morgan fingerprint density at radius 1 is 1.03 bits per heavy atom. The zero-order valence-electron chi connectivity index (χ0n) is 18.9. The summed E-state index contributed by atoms with van der Waals surface area (Å²) in [5.41, 5.74) is 13.7. The van der Waals surface area contributed by atoms with Gasteiger partial charge in [-0.2, -0.15) is 5.10 Å². The zero-order chi connectivity index (χ0) is 23.6. The molecule has 3 aromatic rings. The smallest absolute Gasteiger partial charge is 0.291 e. The van der Waals surface area contributed by atoms with Crippen LogP contribution in [0.3, 0.4) is 0 Å². The lowest BCUT2D eigenvalue weighted by atomic mass is 9.75. The van der Waals surface area contributed by atoms with Crippen LogP contribution < -0.4 is 21.5 Å². The largest absolute Gasteiger partial charge is 0.457 e. The molecule has 0 saturated heterocycles. The molecule has 4 rings (SSSR count). The third kappa shape index (κ3) is 5.06. The predicted molar refractivity (Wildman–Crippen MR) is 129 cm³/mol. The van der Waals surface area contributed by atoms with Gasteiger partial charge in [0.05, 0.1) is 5.71 Å². The van der Waals surface area contributed by atoms with Gasteiger partial charge < -0.3 is 25.9 Å². The predicted octanol–water partition coefficient (Wildman–Crippen LogP) is 4.58. The second-order valence-electron chi connectivity index (χ2n) is 8.84. The van der Waals surface area contributed by atoms with E-state index in [9.17, 15) is 4.79 Å². The van der Waals surface area contributed by atoms with E-state index in [1.807, 2.05) is 37.3 Å². The topological polar surface area (TPSA) is 128 Å². The van der Waals surface area contributed by atoms with Crippen LogP contribution in [-0.4, -0.2) is 17.6 Å². The number of guanidine groups is 1. The molecular formula is C25H27N5O3. The molecule has 1 aliphatic rings. The van der Waals surface area contributed by atoms with Crippen LogP contribution in [0, 0.1) is 12.3 Å².